The lowest BCUT2D eigenvalue weighted by Crippen LogP contribution is -2.08. The summed E-state index contributed by atoms with van der Waals surface area (Å²) >= 11 is 0. The highest BCUT2D eigenvalue weighted by molar-refractivity contribution is 7.49. The van der Waals surface area contributed by atoms with Crippen LogP contribution in [0.5, 0.6) is 17.2 Å². The van der Waals surface area contributed by atoms with Crippen molar-refractivity contribution >= 4 is 7.82 Å². The molecule has 0 amide bonds. The number of aliphatic hydroxyl groups is 3. The van der Waals surface area contributed by atoms with E-state index in [1.165, 1.54) is 0 Å². The Kier molecular flexibility index (Phi) is 9.81. The largest absolute Gasteiger partial charge is 0.647 e. The van der Waals surface area contributed by atoms with Crippen LogP contribution < -0.4 is 13.6 Å². The fourth-order valence-corrected chi connectivity index (χ4v) is 6.31. The van der Waals surface area contributed by atoms with Crippen molar-refractivity contribution in [2.75, 3.05) is 0 Å². The van der Waals surface area contributed by atoms with E-state index in [1.807, 2.05) is 91.0 Å². The Morgan fingerprint density at radius 2 is 0.553 bits per heavy atom. The van der Waals surface area contributed by atoms with Crippen LogP contribution >= 0.6 is 7.82 Å². The lowest BCUT2D eigenvalue weighted by molar-refractivity contribution is 0.220. The predicted molar refractivity (Wildman–Crippen MR) is 180 cm³/mol. The van der Waals surface area contributed by atoms with Crippen molar-refractivity contribution in [3.63, 3.8) is 0 Å². The minimum Gasteiger partial charge on any atom is -0.386 e. The van der Waals surface area contributed by atoms with Gasteiger partial charge in [-0.15, -0.1) is 0 Å². The third kappa shape index (κ3) is 7.98. The first-order valence-electron chi connectivity index (χ1n) is 15.0. The normalized spacial score (nSPS) is 14.3. The number of hydrogen-bond acceptors (Lipinski definition) is 7. The lowest BCUT2D eigenvalue weighted by Gasteiger charge is -2.21. The van der Waals surface area contributed by atoms with Gasteiger partial charge in [-0.3, -0.25) is 0 Å². The monoisotopic (exact) mass is 644 g/mol. The third-order valence-corrected chi connectivity index (χ3v) is 8.89. The van der Waals surface area contributed by atoms with Crippen LogP contribution in [0.1, 0.15) is 51.7 Å². The second kappa shape index (κ2) is 14.5. The maximum Gasteiger partial charge on any atom is 0.647 e. The summed E-state index contributed by atoms with van der Waals surface area (Å²) in [4.78, 5) is 0. The van der Waals surface area contributed by atoms with E-state index in [2.05, 4.69) is 0 Å². The van der Waals surface area contributed by atoms with Crippen molar-refractivity contribution in [3.05, 3.63) is 197 Å². The molecule has 3 unspecified atom stereocenters. The van der Waals surface area contributed by atoms with Gasteiger partial charge in [0.25, 0.3) is 0 Å². The fraction of sp³-hybridized carbons (Fsp3) is 0.0769. The van der Waals surface area contributed by atoms with E-state index in [4.69, 9.17) is 13.6 Å². The Morgan fingerprint density at radius 3 is 0.787 bits per heavy atom. The first-order chi connectivity index (χ1) is 22.9. The number of phosphoric acid groups is 1. The van der Waals surface area contributed by atoms with Gasteiger partial charge in [0.2, 0.25) is 0 Å². The first-order valence-corrected chi connectivity index (χ1v) is 16.5. The van der Waals surface area contributed by atoms with Crippen LogP contribution in [0, 0.1) is 0 Å². The van der Waals surface area contributed by atoms with Crippen LogP contribution in [0.25, 0.3) is 0 Å². The van der Waals surface area contributed by atoms with Crippen LogP contribution in [0.4, 0.5) is 0 Å². The summed E-state index contributed by atoms with van der Waals surface area (Å²) in [6.07, 6.45) is -2.54. The number of rotatable bonds is 12. The highest BCUT2D eigenvalue weighted by atomic mass is 31.2. The van der Waals surface area contributed by atoms with Gasteiger partial charge in [0.1, 0.15) is 35.6 Å². The molecule has 6 aromatic carbocycles. The summed E-state index contributed by atoms with van der Waals surface area (Å²) in [5.41, 5.74) is 4.08. The number of aliphatic hydroxyl groups excluding tert-OH is 3. The van der Waals surface area contributed by atoms with Crippen LogP contribution in [0.15, 0.2) is 164 Å². The lowest BCUT2D eigenvalue weighted by atomic mass is 10.0. The Hall–Kier alpha value is -5.17. The second-order valence-electron chi connectivity index (χ2n) is 10.9. The molecular formula is C39H33O7P. The molecule has 6 aromatic rings. The van der Waals surface area contributed by atoms with Crippen molar-refractivity contribution in [1.29, 1.82) is 0 Å². The van der Waals surface area contributed by atoms with Gasteiger partial charge in [0.15, 0.2) is 0 Å². The second-order valence-corrected chi connectivity index (χ2v) is 12.3. The number of benzene rings is 6. The molecule has 0 aliphatic heterocycles. The summed E-state index contributed by atoms with van der Waals surface area (Å²) in [6.45, 7) is 0. The van der Waals surface area contributed by atoms with Gasteiger partial charge in [0, 0.05) is 0 Å². The van der Waals surface area contributed by atoms with Gasteiger partial charge in [-0.2, -0.15) is 4.57 Å². The zero-order chi connectivity index (χ0) is 32.6. The van der Waals surface area contributed by atoms with Crippen LogP contribution in [0.2, 0.25) is 0 Å². The molecule has 0 aliphatic carbocycles. The quantitative estimate of drug-likeness (QED) is 0.115. The van der Waals surface area contributed by atoms with Crippen molar-refractivity contribution in [2.45, 2.75) is 18.3 Å². The van der Waals surface area contributed by atoms with Gasteiger partial charge in [-0.25, -0.2) is 0 Å². The molecule has 0 fully saturated rings. The van der Waals surface area contributed by atoms with Crippen molar-refractivity contribution in [1.82, 2.24) is 0 Å². The SMILES string of the molecule is O=P(Oc1ccc(C(O)c2ccccc2)cc1)(Oc1ccc(C(O)c2ccccc2)cc1)Oc1ccc(C(O)c2ccccc2)cc1. The molecule has 0 bridgehead atoms. The molecule has 8 heteroatoms. The molecule has 0 aliphatic rings. The fourth-order valence-electron chi connectivity index (χ4n) is 5.06. The number of hydrogen-bond donors (Lipinski definition) is 3. The van der Waals surface area contributed by atoms with E-state index in [1.54, 1.807) is 72.8 Å². The Labute approximate surface area is 273 Å². The van der Waals surface area contributed by atoms with Gasteiger partial charge >= 0.3 is 7.82 Å². The van der Waals surface area contributed by atoms with Crippen molar-refractivity contribution in [3.8, 4) is 17.2 Å². The molecular weight excluding hydrogens is 611 g/mol. The molecule has 0 heterocycles. The van der Waals surface area contributed by atoms with Crippen molar-refractivity contribution in [2.24, 2.45) is 0 Å². The molecule has 7 nitrogen and oxygen atoms in total. The van der Waals surface area contributed by atoms with E-state index >= 15 is 0 Å². The molecule has 0 spiro atoms. The summed E-state index contributed by atoms with van der Waals surface area (Å²) in [5.74, 6) is 0.596. The number of phosphoric ester groups is 1. The molecule has 236 valence electrons. The van der Waals surface area contributed by atoms with Crippen LogP contribution in [-0.4, -0.2) is 15.3 Å². The minimum atomic E-state index is -4.36. The zero-order valence-electron chi connectivity index (χ0n) is 25.2. The Bertz CT molecular complexity index is 1670. The first kappa shape index (κ1) is 31.8. The zero-order valence-corrected chi connectivity index (χ0v) is 26.1. The summed E-state index contributed by atoms with van der Waals surface area (Å²) < 4.78 is 31.9. The molecule has 0 radical (unpaired) electrons. The molecule has 0 saturated carbocycles. The summed E-state index contributed by atoms with van der Waals surface area (Å²) in [7, 11) is -4.36. The Balaban J connectivity index is 1.23. The van der Waals surface area contributed by atoms with E-state index in [0.717, 1.165) is 16.7 Å². The topological polar surface area (TPSA) is 105 Å². The Morgan fingerprint density at radius 1 is 0.340 bits per heavy atom. The molecule has 3 atom stereocenters. The molecule has 0 aromatic heterocycles. The van der Waals surface area contributed by atoms with Gasteiger partial charge < -0.3 is 28.9 Å². The highest BCUT2D eigenvalue weighted by Gasteiger charge is 2.33. The standard InChI is InChI=1S/C39H33O7P/c40-37(28-10-4-1-5-11-28)31-16-22-34(23-17-31)44-47(43,45-35-24-18-32(19-25-35)38(41)29-12-6-2-7-13-29)46-36-26-20-33(21-27-36)39(42)30-14-8-3-9-15-30/h1-27,37-42H. The maximum absolute atomic E-state index is 14.2. The van der Waals surface area contributed by atoms with E-state index in [0.29, 0.717) is 16.7 Å². The molecule has 6 rings (SSSR count). The maximum atomic E-state index is 14.2. The van der Waals surface area contributed by atoms with Gasteiger partial charge in [-0.05, 0) is 69.8 Å². The average Bonchev–Trinajstić information content (AvgIpc) is 3.12. The summed E-state index contributed by atoms with van der Waals surface area (Å²) in [6, 6.07) is 47.3. The smallest absolute Gasteiger partial charge is 0.386 e. The van der Waals surface area contributed by atoms with Gasteiger partial charge in [-0.1, -0.05) is 127 Å². The highest BCUT2D eigenvalue weighted by Crippen LogP contribution is 2.50. The third-order valence-electron chi connectivity index (χ3n) is 7.59. The molecule has 0 saturated heterocycles. The van der Waals surface area contributed by atoms with E-state index in [9.17, 15) is 19.9 Å². The van der Waals surface area contributed by atoms with Crippen molar-refractivity contribution < 1.29 is 33.5 Å². The van der Waals surface area contributed by atoms with Gasteiger partial charge in [0.05, 0.1) is 0 Å². The predicted octanol–water partition coefficient (Wildman–Crippen LogP) is 8.58. The summed E-state index contributed by atoms with van der Waals surface area (Å²) in [5, 5.41) is 32.4. The average molecular weight is 645 g/mol. The van der Waals surface area contributed by atoms with E-state index < -0.39 is 26.1 Å². The molecule has 47 heavy (non-hydrogen) atoms. The van der Waals surface area contributed by atoms with Crippen LogP contribution in [-0.2, 0) is 4.57 Å². The minimum absolute atomic E-state index is 0.199. The van der Waals surface area contributed by atoms with Crippen LogP contribution in [0.3, 0.4) is 0 Å². The molecule has 3 N–H and O–H groups in total. The van der Waals surface area contributed by atoms with E-state index in [-0.39, 0.29) is 17.2 Å².